The molecule has 0 aromatic heterocycles. The Bertz CT molecular complexity index is 552. The number of hydrogen-bond acceptors (Lipinski definition) is 2. The topological polar surface area (TPSA) is 36.9 Å². The summed E-state index contributed by atoms with van der Waals surface area (Å²) in [5, 5.41) is 3.48. The van der Waals surface area contributed by atoms with Crippen LogP contribution in [-0.4, -0.2) is 50.3 Å². The van der Waals surface area contributed by atoms with E-state index in [1.54, 1.807) is 0 Å². The molecule has 2 aliphatic rings. The van der Waals surface area contributed by atoms with E-state index < -0.39 is 0 Å². The van der Waals surface area contributed by atoms with Crippen LogP contribution in [0.25, 0.3) is 0 Å². The smallest absolute Gasteiger partial charge is 0.193 e. The van der Waals surface area contributed by atoms with Crippen LogP contribution in [-0.2, 0) is 10.2 Å². The first-order valence-corrected chi connectivity index (χ1v) is 9.90. The van der Waals surface area contributed by atoms with Crippen molar-refractivity contribution in [1.82, 2.24) is 10.2 Å². The van der Waals surface area contributed by atoms with Crippen LogP contribution >= 0.6 is 39.9 Å². The van der Waals surface area contributed by atoms with Crippen LogP contribution in [0.2, 0.25) is 0 Å². The fourth-order valence-electron chi connectivity index (χ4n) is 3.68. The molecule has 25 heavy (non-hydrogen) atoms. The van der Waals surface area contributed by atoms with Gasteiger partial charge in [0.05, 0.1) is 6.54 Å². The van der Waals surface area contributed by atoms with E-state index in [0.717, 1.165) is 62.7 Å². The minimum atomic E-state index is 0. The summed E-state index contributed by atoms with van der Waals surface area (Å²) in [7, 11) is 0. The lowest BCUT2D eigenvalue weighted by Gasteiger charge is -2.37. The van der Waals surface area contributed by atoms with Gasteiger partial charge in [-0.2, -0.15) is 0 Å². The third kappa shape index (κ3) is 5.32. The van der Waals surface area contributed by atoms with Gasteiger partial charge in [0.15, 0.2) is 5.96 Å². The second-order valence-electron chi connectivity index (χ2n) is 6.76. The molecule has 0 unspecified atom stereocenters. The van der Waals surface area contributed by atoms with Crippen molar-refractivity contribution in [3.8, 4) is 0 Å². The first-order chi connectivity index (χ1) is 11.7. The molecule has 140 valence electrons. The lowest BCUT2D eigenvalue weighted by atomic mass is 9.74. The van der Waals surface area contributed by atoms with Crippen molar-refractivity contribution < 1.29 is 4.74 Å². The van der Waals surface area contributed by atoms with Gasteiger partial charge in [0.1, 0.15) is 0 Å². The van der Waals surface area contributed by atoms with Gasteiger partial charge in [-0.1, -0.05) is 28.1 Å². The number of rotatable bonds is 4. The van der Waals surface area contributed by atoms with Crippen molar-refractivity contribution >= 4 is 45.9 Å². The Morgan fingerprint density at radius 2 is 1.84 bits per heavy atom. The lowest BCUT2D eigenvalue weighted by Crippen LogP contribution is -2.42. The Balaban J connectivity index is 0.00000225. The van der Waals surface area contributed by atoms with Crippen molar-refractivity contribution in [2.75, 3.05) is 39.4 Å². The normalized spacial score (nSPS) is 20.2. The van der Waals surface area contributed by atoms with Gasteiger partial charge < -0.3 is 15.0 Å². The second-order valence-corrected chi connectivity index (χ2v) is 7.68. The molecule has 0 saturated carbocycles. The number of hydrogen-bond donors (Lipinski definition) is 1. The minimum absolute atomic E-state index is 0. The van der Waals surface area contributed by atoms with Crippen molar-refractivity contribution in [1.29, 1.82) is 0 Å². The number of ether oxygens (including phenoxy) is 1. The predicted molar refractivity (Wildman–Crippen MR) is 118 cm³/mol. The first kappa shape index (κ1) is 21.0. The van der Waals surface area contributed by atoms with Crippen molar-refractivity contribution in [2.45, 2.75) is 38.0 Å². The Kier molecular flexibility index (Phi) is 8.48. The molecule has 1 aromatic carbocycles. The average molecular weight is 522 g/mol. The van der Waals surface area contributed by atoms with E-state index in [4.69, 9.17) is 9.73 Å². The standard InChI is InChI=1S/C19H28BrN3O.HI/c1-2-21-18(23-11-3-4-12-23)22-15-19(9-13-24-14-10-19)16-5-7-17(20)8-6-16;/h5-8H,2-4,9-15H2,1H3,(H,21,22);1H. The number of likely N-dealkylation sites (tertiary alicyclic amines) is 1. The Hall–Kier alpha value is -0.340. The molecular formula is C19H29BrIN3O. The third-order valence-electron chi connectivity index (χ3n) is 5.18. The molecule has 0 radical (unpaired) electrons. The quantitative estimate of drug-likeness (QED) is 0.367. The Labute approximate surface area is 176 Å². The van der Waals surface area contributed by atoms with Gasteiger partial charge in [0, 0.05) is 42.7 Å². The molecule has 0 aliphatic carbocycles. The molecule has 2 saturated heterocycles. The van der Waals surface area contributed by atoms with Crippen LogP contribution in [0.1, 0.15) is 38.2 Å². The highest BCUT2D eigenvalue weighted by molar-refractivity contribution is 14.0. The molecular weight excluding hydrogens is 493 g/mol. The maximum atomic E-state index is 5.64. The fraction of sp³-hybridized carbons (Fsp3) is 0.632. The highest BCUT2D eigenvalue weighted by atomic mass is 127. The van der Waals surface area contributed by atoms with Crippen LogP contribution in [0.15, 0.2) is 33.7 Å². The summed E-state index contributed by atoms with van der Waals surface area (Å²) in [5.41, 5.74) is 1.48. The van der Waals surface area contributed by atoms with Crippen LogP contribution in [0, 0.1) is 0 Å². The summed E-state index contributed by atoms with van der Waals surface area (Å²) in [4.78, 5) is 7.46. The van der Waals surface area contributed by atoms with E-state index in [0.29, 0.717) is 0 Å². The molecule has 3 rings (SSSR count). The van der Waals surface area contributed by atoms with Crippen LogP contribution in [0.4, 0.5) is 0 Å². The van der Waals surface area contributed by atoms with Gasteiger partial charge in [0.2, 0.25) is 0 Å². The number of aliphatic imine (C=N–C) groups is 1. The number of nitrogens with one attached hydrogen (secondary N) is 1. The SMILES string of the molecule is CCNC(=NCC1(c2ccc(Br)cc2)CCOCC1)N1CCCC1.I. The van der Waals surface area contributed by atoms with E-state index in [2.05, 4.69) is 57.3 Å². The van der Waals surface area contributed by atoms with Gasteiger partial charge in [0.25, 0.3) is 0 Å². The van der Waals surface area contributed by atoms with Gasteiger partial charge in [-0.15, -0.1) is 24.0 Å². The molecule has 2 aliphatic heterocycles. The van der Waals surface area contributed by atoms with Crippen LogP contribution in [0.5, 0.6) is 0 Å². The van der Waals surface area contributed by atoms with Crippen molar-refractivity contribution in [3.05, 3.63) is 34.3 Å². The van der Waals surface area contributed by atoms with Gasteiger partial charge in [-0.05, 0) is 50.3 Å². The zero-order valence-corrected chi connectivity index (χ0v) is 18.9. The van der Waals surface area contributed by atoms with E-state index >= 15 is 0 Å². The number of nitrogens with zero attached hydrogens (tertiary/aromatic N) is 2. The molecule has 0 atom stereocenters. The molecule has 0 amide bonds. The summed E-state index contributed by atoms with van der Waals surface area (Å²) in [6.07, 6.45) is 4.63. The number of guanidine groups is 1. The molecule has 2 fully saturated rings. The summed E-state index contributed by atoms with van der Waals surface area (Å²) in [6.45, 7) is 7.79. The molecule has 2 heterocycles. The largest absolute Gasteiger partial charge is 0.381 e. The lowest BCUT2D eigenvalue weighted by molar-refractivity contribution is 0.0530. The second kappa shape index (κ2) is 10.1. The van der Waals surface area contributed by atoms with E-state index in [1.165, 1.54) is 18.4 Å². The van der Waals surface area contributed by atoms with Gasteiger partial charge in [-0.3, -0.25) is 4.99 Å². The van der Waals surface area contributed by atoms with E-state index in [-0.39, 0.29) is 29.4 Å². The molecule has 0 bridgehead atoms. The summed E-state index contributed by atoms with van der Waals surface area (Å²) < 4.78 is 6.77. The first-order valence-electron chi connectivity index (χ1n) is 9.10. The third-order valence-corrected chi connectivity index (χ3v) is 5.71. The summed E-state index contributed by atoms with van der Waals surface area (Å²) in [5.74, 6) is 1.08. The van der Waals surface area contributed by atoms with E-state index in [9.17, 15) is 0 Å². The Morgan fingerprint density at radius 1 is 1.20 bits per heavy atom. The summed E-state index contributed by atoms with van der Waals surface area (Å²) in [6, 6.07) is 8.77. The zero-order chi connectivity index (χ0) is 16.8. The van der Waals surface area contributed by atoms with E-state index in [1.807, 2.05) is 0 Å². The zero-order valence-electron chi connectivity index (χ0n) is 15.0. The highest BCUT2D eigenvalue weighted by Gasteiger charge is 2.34. The maximum Gasteiger partial charge on any atom is 0.193 e. The Morgan fingerprint density at radius 3 is 2.44 bits per heavy atom. The van der Waals surface area contributed by atoms with Gasteiger partial charge in [-0.25, -0.2) is 0 Å². The molecule has 1 aromatic rings. The minimum Gasteiger partial charge on any atom is -0.381 e. The maximum absolute atomic E-state index is 5.64. The van der Waals surface area contributed by atoms with Crippen LogP contribution in [0.3, 0.4) is 0 Å². The number of benzene rings is 1. The molecule has 6 heteroatoms. The molecule has 4 nitrogen and oxygen atoms in total. The average Bonchev–Trinajstić information content (AvgIpc) is 3.14. The predicted octanol–water partition coefficient (Wildman–Crippen LogP) is 4.18. The van der Waals surface area contributed by atoms with Crippen molar-refractivity contribution in [2.24, 2.45) is 4.99 Å². The van der Waals surface area contributed by atoms with Crippen molar-refractivity contribution in [3.63, 3.8) is 0 Å². The van der Waals surface area contributed by atoms with Crippen LogP contribution < -0.4 is 5.32 Å². The highest BCUT2D eigenvalue weighted by Crippen LogP contribution is 2.36. The monoisotopic (exact) mass is 521 g/mol. The van der Waals surface area contributed by atoms with Gasteiger partial charge >= 0.3 is 0 Å². The summed E-state index contributed by atoms with van der Waals surface area (Å²) >= 11 is 3.55. The molecule has 1 N–H and O–H groups in total. The molecule has 0 spiro atoms. The fourth-order valence-corrected chi connectivity index (χ4v) is 3.95. The number of halogens is 2.